The van der Waals surface area contributed by atoms with Gasteiger partial charge in [-0.05, 0) is 118 Å². The number of hydrogen-bond donors (Lipinski definition) is 0. The molecule has 1 spiro atoms. The molecule has 4 heteroatoms. The summed E-state index contributed by atoms with van der Waals surface area (Å²) >= 11 is 0. The summed E-state index contributed by atoms with van der Waals surface area (Å²) in [6.07, 6.45) is 6.80. The van der Waals surface area contributed by atoms with Crippen LogP contribution in [0, 0.1) is 35.0 Å². The Hall–Kier alpha value is -5.66. The number of fused-ring (bicyclic) bond motifs is 7. The Labute approximate surface area is 291 Å². The van der Waals surface area contributed by atoms with Crippen LogP contribution in [0.3, 0.4) is 0 Å². The Morgan fingerprint density at radius 2 is 1.16 bits per heavy atom. The van der Waals surface area contributed by atoms with E-state index in [1.807, 2.05) is 54.6 Å². The molecular formula is C46H34N4. The van der Waals surface area contributed by atoms with Gasteiger partial charge in [0.25, 0.3) is 0 Å². The van der Waals surface area contributed by atoms with Crippen molar-refractivity contribution in [3.05, 3.63) is 138 Å². The minimum atomic E-state index is 0.0252. The first kappa shape index (κ1) is 28.2. The average Bonchev–Trinajstić information content (AvgIpc) is 3.48. The maximum Gasteiger partial charge on any atom is 0.164 e. The Morgan fingerprint density at radius 3 is 1.92 bits per heavy atom. The summed E-state index contributed by atoms with van der Waals surface area (Å²) in [5.74, 6) is 4.92. The monoisotopic (exact) mass is 642 g/mol. The van der Waals surface area contributed by atoms with Gasteiger partial charge in [-0.1, -0.05) is 103 Å². The van der Waals surface area contributed by atoms with Crippen molar-refractivity contribution in [1.29, 1.82) is 5.26 Å². The molecule has 1 heterocycles. The summed E-state index contributed by atoms with van der Waals surface area (Å²) in [6.45, 7) is 0. The highest BCUT2D eigenvalue weighted by Gasteiger charge is 2.62. The van der Waals surface area contributed by atoms with Gasteiger partial charge in [0.15, 0.2) is 17.5 Å². The molecule has 0 N–H and O–H groups in total. The van der Waals surface area contributed by atoms with Crippen molar-refractivity contribution in [2.45, 2.75) is 37.5 Å². The van der Waals surface area contributed by atoms with E-state index in [1.165, 1.54) is 64.8 Å². The van der Waals surface area contributed by atoms with E-state index in [2.05, 4.69) is 72.8 Å². The van der Waals surface area contributed by atoms with E-state index in [9.17, 15) is 5.26 Å². The lowest BCUT2D eigenvalue weighted by Crippen LogP contribution is -2.55. The van der Waals surface area contributed by atoms with Gasteiger partial charge < -0.3 is 0 Å². The van der Waals surface area contributed by atoms with Gasteiger partial charge in [-0.2, -0.15) is 5.26 Å². The van der Waals surface area contributed by atoms with Crippen LogP contribution in [0.25, 0.3) is 66.8 Å². The van der Waals surface area contributed by atoms with Gasteiger partial charge in [-0.3, -0.25) is 0 Å². The number of aromatic nitrogens is 3. The normalized spacial score (nSPS) is 24.1. The SMILES string of the molecule is N#Cc1cccc(-c2nc(-c3ccccc3)nc(-c3ccc4ccc5c(c4c3)C3(c4ccc6ccccc6c4-5)C4CC5CC(C4)CC3C5)n2)c1. The fraction of sp³-hybridized carbons (Fsp3) is 0.217. The lowest BCUT2D eigenvalue weighted by Gasteiger charge is -2.61. The van der Waals surface area contributed by atoms with Crippen molar-refractivity contribution in [2.24, 2.45) is 23.7 Å². The molecule has 4 bridgehead atoms. The number of nitrogens with zero attached hydrogens (tertiary/aromatic N) is 4. The third-order valence-corrected chi connectivity index (χ3v) is 12.7. The van der Waals surface area contributed by atoms with Crippen LogP contribution in [-0.2, 0) is 5.41 Å². The van der Waals surface area contributed by atoms with Gasteiger partial charge in [0.1, 0.15) is 0 Å². The number of benzene rings is 6. The molecule has 1 aromatic heterocycles. The second kappa shape index (κ2) is 10.4. The van der Waals surface area contributed by atoms with E-state index in [4.69, 9.17) is 15.0 Å². The molecule has 0 amide bonds. The first-order valence-corrected chi connectivity index (χ1v) is 18.1. The van der Waals surface area contributed by atoms with E-state index >= 15 is 0 Å². The second-order valence-corrected chi connectivity index (χ2v) is 15.2. The highest BCUT2D eigenvalue weighted by atomic mass is 15.0. The molecule has 12 rings (SSSR count). The van der Waals surface area contributed by atoms with Gasteiger partial charge in [0.05, 0.1) is 11.6 Å². The Morgan fingerprint density at radius 1 is 0.540 bits per heavy atom. The first-order chi connectivity index (χ1) is 24.7. The molecule has 4 saturated carbocycles. The number of nitriles is 1. The Kier molecular flexibility index (Phi) is 5.88. The number of rotatable bonds is 3. The molecule has 6 aromatic carbocycles. The van der Waals surface area contributed by atoms with Crippen molar-refractivity contribution in [2.75, 3.05) is 0 Å². The van der Waals surface area contributed by atoms with E-state index in [1.54, 1.807) is 11.1 Å². The molecular weight excluding hydrogens is 609 g/mol. The van der Waals surface area contributed by atoms with Crippen LogP contribution in [0.15, 0.2) is 121 Å². The minimum Gasteiger partial charge on any atom is -0.208 e. The topological polar surface area (TPSA) is 62.5 Å². The average molecular weight is 643 g/mol. The van der Waals surface area contributed by atoms with Crippen LogP contribution in [0.4, 0.5) is 0 Å². The summed E-state index contributed by atoms with van der Waals surface area (Å²) in [5, 5.41) is 15.0. The quantitative estimate of drug-likeness (QED) is 0.192. The lowest BCUT2D eigenvalue weighted by molar-refractivity contribution is -0.0393. The van der Waals surface area contributed by atoms with Gasteiger partial charge in [-0.25, -0.2) is 15.0 Å². The number of hydrogen-bond acceptors (Lipinski definition) is 4. The summed E-state index contributed by atoms with van der Waals surface area (Å²) in [6, 6.07) is 45.4. The molecule has 7 aromatic rings. The zero-order valence-corrected chi connectivity index (χ0v) is 27.7. The van der Waals surface area contributed by atoms with Gasteiger partial charge in [-0.15, -0.1) is 0 Å². The van der Waals surface area contributed by atoms with Crippen LogP contribution in [0.2, 0.25) is 0 Å². The molecule has 238 valence electrons. The summed E-state index contributed by atoms with van der Waals surface area (Å²) in [4.78, 5) is 15.2. The standard InChI is InChI=1S/C46H34N4/c47-26-27-7-6-11-33(20-27)44-48-43(32-9-2-1-3-10-32)49-45(50-44)34-14-13-31-15-17-38-41-37-12-5-4-8-30(37)16-18-40(41)46(42(38)39(31)25-34)35-21-28-19-29(23-35)24-36(46)22-28/h1-18,20,25,28-29,35-36H,19,21-24H2. The smallest absolute Gasteiger partial charge is 0.164 e. The maximum atomic E-state index is 9.65. The fourth-order valence-electron chi connectivity index (χ4n) is 11.0. The minimum absolute atomic E-state index is 0.0252. The molecule has 0 saturated heterocycles. The predicted octanol–water partition coefficient (Wildman–Crippen LogP) is 10.8. The maximum absolute atomic E-state index is 9.65. The molecule has 0 radical (unpaired) electrons. The van der Waals surface area contributed by atoms with Crippen LogP contribution in [-0.4, -0.2) is 15.0 Å². The summed E-state index contributed by atoms with van der Waals surface area (Å²) < 4.78 is 0. The van der Waals surface area contributed by atoms with E-state index < -0.39 is 0 Å². The Balaban J connectivity index is 1.18. The highest BCUT2D eigenvalue weighted by Crippen LogP contribution is 2.70. The van der Waals surface area contributed by atoms with Gasteiger partial charge >= 0.3 is 0 Å². The summed E-state index contributed by atoms with van der Waals surface area (Å²) in [5.41, 5.74) is 9.35. The zero-order valence-electron chi connectivity index (χ0n) is 27.7. The third kappa shape index (κ3) is 3.89. The van der Waals surface area contributed by atoms with Crippen molar-refractivity contribution >= 4 is 21.5 Å². The molecule has 0 atom stereocenters. The van der Waals surface area contributed by atoms with E-state index in [0.717, 1.165) is 28.5 Å². The van der Waals surface area contributed by atoms with Crippen LogP contribution in [0.1, 0.15) is 48.8 Å². The zero-order chi connectivity index (χ0) is 33.0. The van der Waals surface area contributed by atoms with Gasteiger partial charge in [0, 0.05) is 22.1 Å². The Bertz CT molecular complexity index is 2550. The molecule has 5 aliphatic rings. The van der Waals surface area contributed by atoms with Crippen molar-refractivity contribution in [3.63, 3.8) is 0 Å². The van der Waals surface area contributed by atoms with Crippen molar-refractivity contribution in [3.8, 4) is 51.4 Å². The highest BCUT2D eigenvalue weighted by molar-refractivity contribution is 6.07. The third-order valence-electron chi connectivity index (χ3n) is 12.7. The molecule has 4 fully saturated rings. The predicted molar refractivity (Wildman–Crippen MR) is 199 cm³/mol. The van der Waals surface area contributed by atoms with E-state index in [-0.39, 0.29) is 5.41 Å². The van der Waals surface area contributed by atoms with E-state index in [0.29, 0.717) is 34.9 Å². The van der Waals surface area contributed by atoms with Crippen LogP contribution < -0.4 is 0 Å². The molecule has 5 aliphatic carbocycles. The largest absolute Gasteiger partial charge is 0.208 e. The first-order valence-electron chi connectivity index (χ1n) is 18.1. The second-order valence-electron chi connectivity index (χ2n) is 15.2. The molecule has 50 heavy (non-hydrogen) atoms. The summed E-state index contributed by atoms with van der Waals surface area (Å²) in [7, 11) is 0. The lowest BCUT2D eigenvalue weighted by atomic mass is 9.43. The molecule has 4 nitrogen and oxygen atoms in total. The fourth-order valence-corrected chi connectivity index (χ4v) is 11.0. The van der Waals surface area contributed by atoms with Gasteiger partial charge in [0.2, 0.25) is 0 Å². The molecule has 0 aliphatic heterocycles. The van der Waals surface area contributed by atoms with Crippen molar-refractivity contribution in [1.82, 2.24) is 15.0 Å². The van der Waals surface area contributed by atoms with Crippen molar-refractivity contribution < 1.29 is 0 Å². The van der Waals surface area contributed by atoms with Crippen LogP contribution >= 0.6 is 0 Å². The molecule has 0 unspecified atom stereocenters. The van der Waals surface area contributed by atoms with Crippen LogP contribution in [0.5, 0.6) is 0 Å².